The van der Waals surface area contributed by atoms with E-state index in [1.807, 2.05) is 0 Å². The van der Waals surface area contributed by atoms with Crippen LogP contribution in [0.5, 0.6) is 0 Å². The molecule has 0 unspecified atom stereocenters. The largest absolute Gasteiger partial charge is 0.478 e. The van der Waals surface area contributed by atoms with E-state index in [0.717, 1.165) is 25.9 Å². The molecular formula is C25H30N4O2. The predicted molar refractivity (Wildman–Crippen MR) is 126 cm³/mol. The highest BCUT2D eigenvalue weighted by Crippen LogP contribution is 2.27. The van der Waals surface area contributed by atoms with E-state index in [1.54, 1.807) is 7.05 Å². The third kappa shape index (κ3) is 5.61. The molecule has 0 aliphatic carbocycles. The number of rotatable bonds is 5. The van der Waals surface area contributed by atoms with Crippen LogP contribution in [0.15, 0.2) is 60.9 Å². The number of aromatic nitrogens is 1. The summed E-state index contributed by atoms with van der Waals surface area (Å²) in [6, 6.07) is 17.1. The molecule has 0 amide bonds. The quantitative estimate of drug-likeness (QED) is 0.567. The van der Waals surface area contributed by atoms with Crippen LogP contribution in [0.25, 0.3) is 0 Å². The van der Waals surface area contributed by atoms with Crippen molar-refractivity contribution in [3.8, 4) is 0 Å². The first-order valence-corrected chi connectivity index (χ1v) is 10.5. The lowest BCUT2D eigenvalue weighted by atomic mass is 10.00. The minimum atomic E-state index is -0.947. The molecule has 1 aromatic heterocycles. The van der Waals surface area contributed by atoms with Gasteiger partial charge in [0.2, 0.25) is 0 Å². The Kier molecular flexibility index (Phi) is 7.62. The third-order valence-electron chi connectivity index (χ3n) is 5.52. The van der Waals surface area contributed by atoms with Crippen LogP contribution in [-0.2, 0) is 19.4 Å². The van der Waals surface area contributed by atoms with Crippen molar-refractivity contribution in [2.45, 2.75) is 26.3 Å². The molecule has 0 spiro atoms. The van der Waals surface area contributed by atoms with Gasteiger partial charge in [-0.2, -0.15) is 0 Å². The second-order valence-corrected chi connectivity index (χ2v) is 7.44. The van der Waals surface area contributed by atoms with Crippen LogP contribution in [0.1, 0.15) is 34.0 Å². The number of aryl methyl sites for hydroxylation is 1. The van der Waals surface area contributed by atoms with E-state index in [2.05, 4.69) is 77.0 Å². The number of benzene rings is 2. The van der Waals surface area contributed by atoms with Crippen LogP contribution in [-0.4, -0.2) is 36.7 Å². The van der Waals surface area contributed by atoms with Crippen molar-refractivity contribution in [2.24, 2.45) is 0 Å². The van der Waals surface area contributed by atoms with Gasteiger partial charge >= 0.3 is 5.97 Å². The number of nitrogens with zero attached hydrogens (tertiary/aromatic N) is 2. The molecule has 2 heterocycles. The lowest BCUT2D eigenvalue weighted by Gasteiger charge is -2.23. The molecule has 0 saturated heterocycles. The van der Waals surface area contributed by atoms with Gasteiger partial charge in [0.15, 0.2) is 0 Å². The SMILES string of the molecule is CCc1ccc(N(C)c2ccc3c(c2)CCNC3)cc1.CNc1cnccc1C(=O)O. The first-order valence-electron chi connectivity index (χ1n) is 10.5. The maximum atomic E-state index is 10.5. The number of nitrogens with one attached hydrogen (secondary N) is 2. The lowest BCUT2D eigenvalue weighted by Crippen LogP contribution is -2.23. The van der Waals surface area contributed by atoms with Crippen LogP contribution < -0.4 is 15.5 Å². The molecule has 0 saturated carbocycles. The number of hydrogen-bond donors (Lipinski definition) is 3. The summed E-state index contributed by atoms with van der Waals surface area (Å²) in [5.41, 5.74) is 7.60. The molecule has 6 heteroatoms. The number of carbonyl (C=O) groups is 1. The number of carboxylic acid groups (broad SMARTS) is 1. The number of aromatic carboxylic acids is 1. The number of pyridine rings is 1. The van der Waals surface area contributed by atoms with E-state index in [4.69, 9.17) is 5.11 Å². The van der Waals surface area contributed by atoms with Crippen molar-refractivity contribution in [3.05, 3.63) is 83.2 Å². The summed E-state index contributed by atoms with van der Waals surface area (Å²) in [6.45, 7) is 4.28. The molecule has 0 radical (unpaired) electrons. The minimum absolute atomic E-state index is 0.238. The summed E-state index contributed by atoms with van der Waals surface area (Å²) >= 11 is 0. The standard InChI is InChI=1S/C18H22N2.C7H8N2O2/c1-3-14-4-7-17(8-5-14)20(2)18-9-6-16-13-19-11-10-15(16)12-18;1-8-6-4-9-3-2-5(6)7(10)11/h4-9,12,19H,3,10-11,13H2,1-2H3;2-4,8H,1H3,(H,10,11). The van der Waals surface area contributed by atoms with Gasteiger partial charge in [0, 0.05) is 38.2 Å². The van der Waals surface area contributed by atoms with E-state index >= 15 is 0 Å². The van der Waals surface area contributed by atoms with Gasteiger partial charge < -0.3 is 20.6 Å². The Hall–Kier alpha value is -3.38. The Morgan fingerprint density at radius 3 is 2.52 bits per heavy atom. The van der Waals surface area contributed by atoms with E-state index in [9.17, 15) is 4.79 Å². The van der Waals surface area contributed by atoms with Gasteiger partial charge in [-0.25, -0.2) is 4.79 Å². The van der Waals surface area contributed by atoms with Gasteiger partial charge in [0.1, 0.15) is 0 Å². The van der Waals surface area contributed by atoms with Crippen molar-refractivity contribution in [1.82, 2.24) is 10.3 Å². The summed E-state index contributed by atoms with van der Waals surface area (Å²) in [5, 5.41) is 14.8. The van der Waals surface area contributed by atoms with Gasteiger partial charge in [-0.1, -0.05) is 25.1 Å². The monoisotopic (exact) mass is 418 g/mol. The number of fused-ring (bicyclic) bond motifs is 1. The zero-order valence-electron chi connectivity index (χ0n) is 18.4. The molecule has 2 aromatic carbocycles. The molecule has 4 rings (SSSR count). The topological polar surface area (TPSA) is 77.5 Å². The molecule has 0 fully saturated rings. The summed E-state index contributed by atoms with van der Waals surface area (Å²) in [7, 11) is 3.80. The fraction of sp³-hybridized carbons (Fsp3) is 0.280. The van der Waals surface area contributed by atoms with Gasteiger partial charge in [-0.05, 0) is 66.4 Å². The summed E-state index contributed by atoms with van der Waals surface area (Å²) < 4.78 is 0. The highest BCUT2D eigenvalue weighted by atomic mass is 16.4. The summed E-state index contributed by atoms with van der Waals surface area (Å²) in [5.74, 6) is -0.947. The fourth-order valence-corrected chi connectivity index (χ4v) is 3.56. The maximum Gasteiger partial charge on any atom is 0.337 e. The molecule has 6 nitrogen and oxygen atoms in total. The van der Waals surface area contributed by atoms with Crippen LogP contribution in [0, 0.1) is 0 Å². The molecule has 3 N–H and O–H groups in total. The molecule has 1 aliphatic rings. The average molecular weight is 419 g/mol. The van der Waals surface area contributed by atoms with Crippen LogP contribution in [0.3, 0.4) is 0 Å². The Bertz CT molecular complexity index is 1020. The summed E-state index contributed by atoms with van der Waals surface area (Å²) in [6.07, 6.45) is 5.15. The van der Waals surface area contributed by atoms with Gasteiger partial charge in [-0.3, -0.25) is 4.98 Å². The zero-order valence-corrected chi connectivity index (χ0v) is 18.4. The molecular weight excluding hydrogens is 388 g/mol. The smallest absolute Gasteiger partial charge is 0.337 e. The van der Waals surface area contributed by atoms with Gasteiger partial charge in [-0.15, -0.1) is 0 Å². The molecule has 162 valence electrons. The summed E-state index contributed by atoms with van der Waals surface area (Å²) in [4.78, 5) is 16.6. The van der Waals surface area contributed by atoms with Crippen molar-refractivity contribution < 1.29 is 9.90 Å². The number of anilines is 3. The first kappa shape index (κ1) is 22.3. The van der Waals surface area contributed by atoms with Gasteiger partial charge in [0.25, 0.3) is 0 Å². The Balaban J connectivity index is 0.000000210. The highest BCUT2D eigenvalue weighted by molar-refractivity contribution is 5.93. The third-order valence-corrected chi connectivity index (χ3v) is 5.52. The fourth-order valence-electron chi connectivity index (χ4n) is 3.56. The van der Waals surface area contributed by atoms with Gasteiger partial charge in [0.05, 0.1) is 17.4 Å². The van der Waals surface area contributed by atoms with Crippen molar-refractivity contribution >= 4 is 23.0 Å². The normalized spacial score (nSPS) is 12.2. The molecule has 1 aliphatic heterocycles. The van der Waals surface area contributed by atoms with E-state index < -0.39 is 5.97 Å². The maximum absolute atomic E-state index is 10.5. The van der Waals surface area contributed by atoms with E-state index in [1.165, 1.54) is 46.5 Å². The average Bonchev–Trinajstić information content (AvgIpc) is 2.83. The highest BCUT2D eigenvalue weighted by Gasteiger charge is 2.11. The Labute approximate surface area is 184 Å². The Morgan fingerprint density at radius 2 is 1.87 bits per heavy atom. The number of hydrogen-bond acceptors (Lipinski definition) is 5. The van der Waals surface area contributed by atoms with Crippen molar-refractivity contribution in [2.75, 3.05) is 30.9 Å². The first-order chi connectivity index (χ1) is 15.0. The van der Waals surface area contributed by atoms with Crippen LogP contribution >= 0.6 is 0 Å². The zero-order chi connectivity index (χ0) is 22.2. The predicted octanol–water partition coefficient (Wildman–Crippen LogP) is 4.48. The minimum Gasteiger partial charge on any atom is -0.478 e. The van der Waals surface area contributed by atoms with Crippen molar-refractivity contribution in [3.63, 3.8) is 0 Å². The molecule has 0 bridgehead atoms. The van der Waals surface area contributed by atoms with Crippen LogP contribution in [0.4, 0.5) is 17.1 Å². The second kappa shape index (κ2) is 10.6. The van der Waals surface area contributed by atoms with E-state index in [0.29, 0.717) is 5.69 Å². The van der Waals surface area contributed by atoms with E-state index in [-0.39, 0.29) is 5.56 Å². The molecule has 3 aromatic rings. The number of carboxylic acids is 1. The molecule has 31 heavy (non-hydrogen) atoms. The van der Waals surface area contributed by atoms with Crippen molar-refractivity contribution in [1.29, 1.82) is 0 Å². The second-order valence-electron chi connectivity index (χ2n) is 7.44. The Morgan fingerprint density at radius 1 is 1.13 bits per heavy atom. The lowest BCUT2D eigenvalue weighted by molar-refractivity contribution is 0.0698. The van der Waals surface area contributed by atoms with Crippen LogP contribution in [0.2, 0.25) is 0 Å². The molecule has 0 atom stereocenters.